The van der Waals surface area contributed by atoms with E-state index in [4.69, 9.17) is 9.26 Å². The van der Waals surface area contributed by atoms with Crippen molar-refractivity contribution in [3.05, 3.63) is 23.4 Å². The zero-order valence-corrected chi connectivity index (χ0v) is 17.9. The molecule has 28 heavy (non-hydrogen) atoms. The summed E-state index contributed by atoms with van der Waals surface area (Å²) in [4.78, 5) is 24.6. The van der Waals surface area contributed by atoms with Gasteiger partial charge in [0, 0.05) is 17.5 Å². The van der Waals surface area contributed by atoms with Gasteiger partial charge in [0.25, 0.3) is 5.24 Å². The van der Waals surface area contributed by atoms with E-state index in [1.165, 1.54) is 4.90 Å². The Bertz CT molecular complexity index is 853. The van der Waals surface area contributed by atoms with Crippen LogP contribution in [0.25, 0.3) is 11.0 Å². The Labute approximate surface area is 170 Å². The second kappa shape index (κ2) is 8.55. The van der Waals surface area contributed by atoms with Crippen molar-refractivity contribution in [3.8, 4) is 5.75 Å². The van der Waals surface area contributed by atoms with Gasteiger partial charge in [-0.2, -0.15) is 0 Å². The zero-order chi connectivity index (χ0) is 20.3. The number of imide groups is 1. The average molecular weight is 405 g/mol. The van der Waals surface area contributed by atoms with E-state index < -0.39 is 0 Å². The first-order chi connectivity index (χ1) is 13.3. The molecule has 1 fully saturated rings. The fourth-order valence-corrected chi connectivity index (χ4v) is 4.10. The number of amides is 2. The van der Waals surface area contributed by atoms with Gasteiger partial charge in [0.15, 0.2) is 5.58 Å². The molecule has 0 atom stereocenters. The second-order valence-corrected chi connectivity index (χ2v) is 9.26. The van der Waals surface area contributed by atoms with E-state index in [9.17, 15) is 9.59 Å². The van der Waals surface area contributed by atoms with Crippen LogP contribution in [0.1, 0.15) is 51.8 Å². The highest BCUT2D eigenvalue weighted by Crippen LogP contribution is 2.33. The SMILES string of the molecule is CCCc1c(OCCCN2C(=O)CSC2=O)ccc2c(CC(C)(C)C)noc12. The number of carbonyl (C=O) groups excluding carboxylic acids is 2. The maximum Gasteiger partial charge on any atom is 0.288 e. The summed E-state index contributed by atoms with van der Waals surface area (Å²) in [6.07, 6.45) is 3.27. The topological polar surface area (TPSA) is 72.6 Å². The molecule has 0 bridgehead atoms. The Morgan fingerprint density at radius 1 is 1.29 bits per heavy atom. The summed E-state index contributed by atoms with van der Waals surface area (Å²) < 4.78 is 11.7. The zero-order valence-electron chi connectivity index (χ0n) is 17.0. The molecule has 1 aromatic heterocycles. The molecule has 0 saturated carbocycles. The van der Waals surface area contributed by atoms with Crippen LogP contribution in [-0.4, -0.2) is 40.1 Å². The maximum absolute atomic E-state index is 11.7. The monoisotopic (exact) mass is 404 g/mol. The fraction of sp³-hybridized carbons (Fsp3) is 0.571. The molecule has 1 aliphatic heterocycles. The molecule has 1 saturated heterocycles. The maximum atomic E-state index is 11.7. The minimum Gasteiger partial charge on any atom is -0.493 e. The number of nitrogens with zero attached hydrogens (tertiary/aromatic N) is 2. The van der Waals surface area contributed by atoms with Crippen molar-refractivity contribution in [1.29, 1.82) is 0 Å². The van der Waals surface area contributed by atoms with Crippen molar-refractivity contribution in [2.45, 2.75) is 53.4 Å². The second-order valence-electron chi connectivity index (χ2n) is 8.34. The highest BCUT2D eigenvalue weighted by molar-refractivity contribution is 8.14. The van der Waals surface area contributed by atoms with Crippen LogP contribution in [0.4, 0.5) is 4.79 Å². The highest BCUT2D eigenvalue weighted by atomic mass is 32.2. The lowest BCUT2D eigenvalue weighted by Crippen LogP contribution is -2.30. The summed E-state index contributed by atoms with van der Waals surface area (Å²) in [6, 6.07) is 4.00. The number of carbonyl (C=O) groups is 2. The van der Waals surface area contributed by atoms with Crippen LogP contribution in [0.15, 0.2) is 16.7 Å². The fourth-order valence-electron chi connectivity index (χ4n) is 3.34. The molecule has 2 amide bonds. The number of benzene rings is 1. The van der Waals surface area contributed by atoms with Crippen molar-refractivity contribution in [2.75, 3.05) is 18.9 Å². The van der Waals surface area contributed by atoms with E-state index in [1.54, 1.807) is 0 Å². The van der Waals surface area contributed by atoms with Gasteiger partial charge in [-0.25, -0.2) is 0 Å². The summed E-state index contributed by atoms with van der Waals surface area (Å²) >= 11 is 1.06. The average Bonchev–Trinajstić information content (AvgIpc) is 3.16. The standard InChI is InChI=1S/C21H28N2O4S/c1-5-7-15-17(26-11-6-10-23-18(24)13-28-20(23)25)9-8-14-16(12-21(2,3)4)22-27-19(14)15/h8-9H,5-7,10-13H2,1-4H3. The van der Waals surface area contributed by atoms with Gasteiger partial charge in [-0.05, 0) is 36.8 Å². The Morgan fingerprint density at radius 3 is 2.71 bits per heavy atom. The molecule has 7 heteroatoms. The molecule has 152 valence electrons. The number of hydrogen-bond acceptors (Lipinski definition) is 6. The molecule has 1 aromatic carbocycles. The molecule has 1 aliphatic rings. The number of aromatic nitrogens is 1. The number of rotatable bonds is 8. The predicted molar refractivity (Wildman–Crippen MR) is 111 cm³/mol. The number of hydrogen-bond donors (Lipinski definition) is 0. The first kappa shape index (κ1) is 20.7. The van der Waals surface area contributed by atoms with E-state index in [2.05, 4.69) is 32.9 Å². The van der Waals surface area contributed by atoms with Gasteiger partial charge in [-0.3, -0.25) is 14.5 Å². The molecule has 0 aliphatic carbocycles. The van der Waals surface area contributed by atoms with Crippen LogP contribution in [0.3, 0.4) is 0 Å². The summed E-state index contributed by atoms with van der Waals surface area (Å²) in [5.74, 6) is 0.928. The van der Waals surface area contributed by atoms with Crippen LogP contribution in [-0.2, 0) is 17.6 Å². The third-order valence-electron chi connectivity index (χ3n) is 4.60. The molecule has 0 N–H and O–H groups in total. The summed E-state index contributed by atoms with van der Waals surface area (Å²) in [7, 11) is 0. The molecule has 6 nitrogen and oxygen atoms in total. The molecule has 0 unspecified atom stereocenters. The van der Waals surface area contributed by atoms with Crippen molar-refractivity contribution >= 4 is 33.9 Å². The van der Waals surface area contributed by atoms with E-state index in [0.717, 1.165) is 59.0 Å². The molecule has 2 heterocycles. The Kier molecular flexibility index (Phi) is 6.33. The van der Waals surface area contributed by atoms with Gasteiger partial charge >= 0.3 is 0 Å². The van der Waals surface area contributed by atoms with Crippen molar-refractivity contribution in [3.63, 3.8) is 0 Å². The van der Waals surface area contributed by atoms with Gasteiger partial charge in [0.2, 0.25) is 5.91 Å². The van der Waals surface area contributed by atoms with Crippen LogP contribution in [0, 0.1) is 5.41 Å². The third kappa shape index (κ3) is 4.69. The van der Waals surface area contributed by atoms with Crippen LogP contribution < -0.4 is 4.74 Å². The number of fused-ring (bicyclic) bond motifs is 1. The van der Waals surface area contributed by atoms with E-state index in [1.807, 2.05) is 12.1 Å². The lowest BCUT2D eigenvalue weighted by Gasteiger charge is -2.16. The van der Waals surface area contributed by atoms with Gasteiger partial charge < -0.3 is 9.26 Å². The smallest absolute Gasteiger partial charge is 0.288 e. The third-order valence-corrected chi connectivity index (χ3v) is 5.46. The Hall–Kier alpha value is -2.02. The Balaban J connectivity index is 1.71. The predicted octanol–water partition coefficient (Wildman–Crippen LogP) is 4.83. The number of ether oxygens (including phenoxy) is 1. The van der Waals surface area contributed by atoms with E-state index in [-0.39, 0.29) is 22.3 Å². The van der Waals surface area contributed by atoms with Crippen LogP contribution in [0.2, 0.25) is 0 Å². The summed E-state index contributed by atoms with van der Waals surface area (Å²) in [5.41, 5.74) is 2.96. The first-order valence-electron chi connectivity index (χ1n) is 9.80. The number of aryl methyl sites for hydroxylation is 1. The first-order valence-corrected chi connectivity index (χ1v) is 10.8. The van der Waals surface area contributed by atoms with Gasteiger partial charge in [-0.1, -0.05) is 51.0 Å². The Morgan fingerprint density at radius 2 is 2.07 bits per heavy atom. The lowest BCUT2D eigenvalue weighted by atomic mass is 9.89. The molecule has 0 spiro atoms. The van der Waals surface area contributed by atoms with Gasteiger partial charge in [0.1, 0.15) is 5.75 Å². The van der Waals surface area contributed by atoms with Crippen molar-refractivity contribution < 1.29 is 18.8 Å². The van der Waals surface area contributed by atoms with Crippen LogP contribution >= 0.6 is 11.8 Å². The minimum atomic E-state index is -0.161. The van der Waals surface area contributed by atoms with Gasteiger partial charge in [0.05, 0.1) is 18.1 Å². The molecule has 2 aromatic rings. The van der Waals surface area contributed by atoms with Crippen molar-refractivity contribution in [2.24, 2.45) is 5.41 Å². The van der Waals surface area contributed by atoms with E-state index in [0.29, 0.717) is 19.6 Å². The summed E-state index contributed by atoms with van der Waals surface area (Å²) in [6.45, 7) is 9.52. The van der Waals surface area contributed by atoms with E-state index >= 15 is 0 Å². The molecular formula is C21H28N2O4S. The molecular weight excluding hydrogens is 376 g/mol. The van der Waals surface area contributed by atoms with Crippen LogP contribution in [0.5, 0.6) is 5.75 Å². The molecule has 0 radical (unpaired) electrons. The van der Waals surface area contributed by atoms with Gasteiger partial charge in [-0.15, -0.1) is 0 Å². The highest BCUT2D eigenvalue weighted by Gasteiger charge is 2.29. The normalized spacial score (nSPS) is 15.1. The molecule has 3 rings (SSSR count). The summed E-state index contributed by atoms with van der Waals surface area (Å²) in [5, 5.41) is 5.21. The van der Waals surface area contributed by atoms with Crippen molar-refractivity contribution in [1.82, 2.24) is 10.1 Å². The minimum absolute atomic E-state index is 0.115. The quantitative estimate of drug-likeness (QED) is 0.587. The lowest BCUT2D eigenvalue weighted by molar-refractivity contribution is -0.124. The number of thioether (sulfide) groups is 1. The largest absolute Gasteiger partial charge is 0.493 e.